The van der Waals surface area contributed by atoms with Crippen LogP contribution >= 0.6 is 0 Å². The van der Waals surface area contributed by atoms with E-state index >= 15 is 0 Å². The van der Waals surface area contributed by atoms with Crippen molar-refractivity contribution in [3.8, 4) is 5.40 Å². The second-order valence-electron chi connectivity index (χ2n) is 0.0913. The van der Waals surface area contributed by atoms with E-state index < -0.39 is 0 Å². The van der Waals surface area contributed by atoms with Gasteiger partial charge in [0.2, 0.25) is 0 Å². The maximum absolute atomic E-state index is 7.13. The van der Waals surface area contributed by atoms with Crippen LogP contribution in [0.5, 0.6) is 0 Å². The fourth-order valence-electron chi connectivity index (χ4n) is 0. The molecule has 0 spiro atoms. The molecule has 0 aliphatic heterocycles. The van der Waals surface area contributed by atoms with Gasteiger partial charge < -0.3 is 24.5 Å². The molecule has 0 aromatic heterocycles. The molecule has 0 saturated carbocycles. The average Bonchev–Trinajstić information content (AvgIpc) is 1.46. The average molecular weight is 162 g/mol. The quantitative estimate of drug-likeness (QED) is 0.154. The second kappa shape index (κ2) is 39.2. The molecule has 0 radical (unpaired) electrons. The van der Waals surface area contributed by atoms with E-state index in [1.807, 2.05) is 0 Å². The largest absolute Gasteiger partial charge is 1.00 e. The SMILES string of the molecule is N#C[S-].[C-]#N.[K+].[K+]. The molecule has 0 atom stereocenters. The number of nitrogens with zero attached hydrogens (tertiary/aromatic N) is 2. The molecule has 0 fully saturated rings. The topological polar surface area (TPSA) is 47.6 Å². The zero-order valence-corrected chi connectivity index (χ0v) is 11.4. The number of rotatable bonds is 0. The van der Waals surface area contributed by atoms with Gasteiger partial charge in [0.15, 0.2) is 0 Å². The van der Waals surface area contributed by atoms with Crippen molar-refractivity contribution in [3.05, 3.63) is 6.57 Å². The van der Waals surface area contributed by atoms with Crippen LogP contribution in [0.4, 0.5) is 0 Å². The molecular formula is C2K2N2S. The Balaban J connectivity index is -0.0000000105. The number of hydrogen-bond acceptors (Lipinski definition) is 3. The molecule has 0 rings (SSSR count). The normalized spacial score (nSPS) is 1.29. The van der Waals surface area contributed by atoms with Crippen molar-refractivity contribution in [1.82, 2.24) is 0 Å². The van der Waals surface area contributed by atoms with Gasteiger partial charge in [-0.25, -0.2) is 5.26 Å². The van der Waals surface area contributed by atoms with Gasteiger partial charge in [0.25, 0.3) is 0 Å². The summed E-state index contributed by atoms with van der Waals surface area (Å²) in [5, 5.41) is 14.7. The summed E-state index contributed by atoms with van der Waals surface area (Å²) >= 11 is 3.70. The number of hydrogen-bond donors (Lipinski definition) is 0. The van der Waals surface area contributed by atoms with Crippen LogP contribution in [0, 0.1) is 22.5 Å². The summed E-state index contributed by atoms with van der Waals surface area (Å²) in [6.07, 6.45) is 0. The van der Waals surface area contributed by atoms with Crippen molar-refractivity contribution >= 4 is 12.6 Å². The summed E-state index contributed by atoms with van der Waals surface area (Å²) in [4.78, 5) is 0. The third-order valence-corrected chi connectivity index (χ3v) is 0. The van der Waals surface area contributed by atoms with Gasteiger partial charge in [-0.2, -0.15) is 0 Å². The molecule has 0 N–H and O–H groups in total. The Morgan fingerprint density at radius 1 is 1.29 bits per heavy atom. The van der Waals surface area contributed by atoms with E-state index in [1.54, 1.807) is 0 Å². The summed E-state index contributed by atoms with van der Waals surface area (Å²) < 4.78 is 0. The molecule has 5 heteroatoms. The zero-order chi connectivity index (χ0) is 4.71. The van der Waals surface area contributed by atoms with Crippen molar-refractivity contribution in [3.63, 3.8) is 0 Å². The maximum Gasteiger partial charge on any atom is 1.00 e. The molecule has 0 heterocycles. The van der Waals surface area contributed by atoms with Gasteiger partial charge in [-0.05, 0) is 0 Å². The van der Waals surface area contributed by atoms with Gasteiger partial charge >= 0.3 is 103 Å². The van der Waals surface area contributed by atoms with Crippen LogP contribution in [0.3, 0.4) is 0 Å². The zero-order valence-electron chi connectivity index (χ0n) is 4.30. The molecule has 0 amide bonds. The van der Waals surface area contributed by atoms with Crippen LogP contribution in [-0.4, -0.2) is 0 Å². The van der Waals surface area contributed by atoms with Gasteiger partial charge in [0.1, 0.15) is 0 Å². The van der Waals surface area contributed by atoms with Crippen molar-refractivity contribution in [1.29, 1.82) is 10.5 Å². The minimum atomic E-state index is 0. The van der Waals surface area contributed by atoms with Gasteiger partial charge in [0.05, 0.1) is 0 Å². The molecule has 0 aliphatic carbocycles. The first kappa shape index (κ1) is 22.7. The van der Waals surface area contributed by atoms with Gasteiger partial charge in [-0.15, -0.1) is 0 Å². The van der Waals surface area contributed by atoms with Crippen LogP contribution in [0.1, 0.15) is 0 Å². The molecule has 0 saturated heterocycles. The first-order valence-electron chi connectivity index (χ1n) is 0.651. The second-order valence-corrected chi connectivity index (χ2v) is 0.274. The van der Waals surface area contributed by atoms with Crippen molar-refractivity contribution in [2.24, 2.45) is 0 Å². The maximum atomic E-state index is 7.13. The Labute approximate surface area is 134 Å². The molecule has 0 bridgehead atoms. The summed E-state index contributed by atoms with van der Waals surface area (Å²) in [6.45, 7) is 4.75. The van der Waals surface area contributed by atoms with E-state index in [2.05, 4.69) is 12.6 Å². The first-order valence-corrected chi connectivity index (χ1v) is 1.06. The predicted octanol–water partition coefficient (Wildman–Crippen LogP) is -5.88. The Hall–Kier alpha value is 2.47. The summed E-state index contributed by atoms with van der Waals surface area (Å²) in [6, 6.07) is 0. The van der Waals surface area contributed by atoms with E-state index in [-0.39, 0.29) is 103 Å². The molecule has 26 valence electrons. The fourth-order valence-corrected chi connectivity index (χ4v) is 0. The standard InChI is InChI=1S/CHNS.CN.2K/c2-1-3;1-2;;/h3H;;;/q;-1;2*+1/p-1. The molecular weight excluding hydrogens is 162 g/mol. The van der Waals surface area contributed by atoms with E-state index in [0.717, 1.165) is 0 Å². The summed E-state index contributed by atoms with van der Waals surface area (Å²) in [5.74, 6) is 0. The monoisotopic (exact) mass is 162 g/mol. The summed E-state index contributed by atoms with van der Waals surface area (Å²) in [7, 11) is 0. The Kier molecular flexibility index (Phi) is 127. The minimum Gasteiger partial charge on any atom is -0.696 e. The molecule has 0 aliphatic rings. The Morgan fingerprint density at radius 2 is 1.29 bits per heavy atom. The smallest absolute Gasteiger partial charge is 0.696 e. The minimum absolute atomic E-state index is 0. The van der Waals surface area contributed by atoms with E-state index in [9.17, 15) is 0 Å². The number of thiocyanates is 1. The molecule has 7 heavy (non-hydrogen) atoms. The fraction of sp³-hybridized carbons (Fsp3) is 0. The van der Waals surface area contributed by atoms with Crippen molar-refractivity contribution < 1.29 is 103 Å². The first-order chi connectivity index (χ1) is 2.41. The van der Waals surface area contributed by atoms with Crippen molar-refractivity contribution in [2.75, 3.05) is 0 Å². The Morgan fingerprint density at radius 3 is 1.29 bits per heavy atom. The number of nitriles is 1. The molecule has 0 aromatic rings. The Bertz CT molecular complexity index is 56.4. The summed E-state index contributed by atoms with van der Waals surface area (Å²) in [5.41, 5.74) is 0. The van der Waals surface area contributed by atoms with Crippen LogP contribution in [-0.2, 0) is 12.6 Å². The van der Waals surface area contributed by atoms with E-state index in [1.165, 1.54) is 5.40 Å². The van der Waals surface area contributed by atoms with Crippen LogP contribution < -0.4 is 103 Å². The van der Waals surface area contributed by atoms with Gasteiger partial charge in [0, 0.05) is 0 Å². The van der Waals surface area contributed by atoms with Crippen LogP contribution in [0.2, 0.25) is 0 Å². The van der Waals surface area contributed by atoms with Crippen LogP contribution in [0.25, 0.3) is 0 Å². The molecule has 2 nitrogen and oxygen atoms in total. The van der Waals surface area contributed by atoms with E-state index in [0.29, 0.717) is 0 Å². The predicted molar refractivity (Wildman–Crippen MR) is 17.9 cm³/mol. The van der Waals surface area contributed by atoms with Crippen molar-refractivity contribution in [2.45, 2.75) is 0 Å². The molecule has 0 aromatic carbocycles. The van der Waals surface area contributed by atoms with Gasteiger partial charge in [-0.1, -0.05) is 5.40 Å². The molecule has 0 unspecified atom stereocenters. The van der Waals surface area contributed by atoms with E-state index in [4.69, 9.17) is 17.1 Å². The van der Waals surface area contributed by atoms with Crippen LogP contribution in [0.15, 0.2) is 0 Å². The van der Waals surface area contributed by atoms with Gasteiger partial charge in [-0.3, -0.25) is 0 Å². The third kappa shape index (κ3) is 58.1. The third-order valence-electron chi connectivity index (χ3n) is 0.